The number of aromatic nitrogens is 2. The van der Waals surface area contributed by atoms with Crippen molar-refractivity contribution in [2.75, 3.05) is 0 Å². The molecule has 24 heavy (non-hydrogen) atoms. The van der Waals surface area contributed by atoms with E-state index in [4.69, 9.17) is 4.98 Å². The zero-order valence-corrected chi connectivity index (χ0v) is 14.5. The molecule has 2 heterocycles. The molecule has 0 aliphatic carbocycles. The summed E-state index contributed by atoms with van der Waals surface area (Å²) in [5.41, 5.74) is 6.52. The van der Waals surface area contributed by atoms with E-state index in [0.29, 0.717) is 5.92 Å². The number of hydrogen-bond donors (Lipinski definition) is 0. The lowest BCUT2D eigenvalue weighted by Crippen LogP contribution is -2.07. The third kappa shape index (κ3) is 2.66. The van der Waals surface area contributed by atoms with E-state index < -0.39 is 0 Å². The van der Waals surface area contributed by atoms with Crippen LogP contribution in [-0.2, 0) is 19.4 Å². The summed E-state index contributed by atoms with van der Waals surface area (Å²) in [5.74, 6) is 1.77. The average molecular weight is 316 g/mol. The fraction of sp³-hybridized carbons (Fsp3) is 0.318. The average Bonchev–Trinajstić information content (AvgIpc) is 2.83. The first kappa shape index (κ1) is 15.2. The second kappa shape index (κ2) is 6.27. The van der Waals surface area contributed by atoms with Gasteiger partial charge in [0.05, 0.1) is 5.69 Å². The molecule has 2 aromatic carbocycles. The van der Waals surface area contributed by atoms with Crippen LogP contribution in [-0.4, -0.2) is 9.55 Å². The Labute approximate surface area is 144 Å². The van der Waals surface area contributed by atoms with Crippen molar-refractivity contribution in [2.24, 2.45) is 5.92 Å². The SMILES string of the molecule is CC(C)Cc1c(-c2ccccc2)nc2n1CCCc1ccccc1-2. The smallest absolute Gasteiger partial charge is 0.141 e. The maximum atomic E-state index is 5.14. The van der Waals surface area contributed by atoms with Crippen LogP contribution in [0.5, 0.6) is 0 Å². The highest BCUT2D eigenvalue weighted by Crippen LogP contribution is 2.34. The Kier molecular flexibility index (Phi) is 3.97. The van der Waals surface area contributed by atoms with Crippen LogP contribution in [0.2, 0.25) is 0 Å². The van der Waals surface area contributed by atoms with Gasteiger partial charge in [-0.25, -0.2) is 4.98 Å². The van der Waals surface area contributed by atoms with Crippen molar-refractivity contribution in [3.05, 3.63) is 65.9 Å². The summed E-state index contributed by atoms with van der Waals surface area (Å²) in [5, 5.41) is 0. The zero-order valence-electron chi connectivity index (χ0n) is 14.5. The number of benzene rings is 2. The standard InChI is InChI=1S/C22H24N2/c1-16(2)15-20-21(18-10-4-3-5-11-18)23-22-19-13-7-6-9-17(19)12-8-14-24(20)22/h3-7,9-11,13,16H,8,12,14-15H2,1-2H3. The van der Waals surface area contributed by atoms with Crippen molar-refractivity contribution in [1.29, 1.82) is 0 Å². The Bertz CT molecular complexity index is 844. The highest BCUT2D eigenvalue weighted by Gasteiger charge is 2.23. The molecule has 0 radical (unpaired) electrons. The number of fused-ring (bicyclic) bond motifs is 3. The molecule has 0 spiro atoms. The van der Waals surface area contributed by atoms with E-state index in [1.165, 1.54) is 28.8 Å². The molecule has 2 nitrogen and oxygen atoms in total. The third-order valence-corrected chi connectivity index (χ3v) is 4.81. The van der Waals surface area contributed by atoms with Gasteiger partial charge in [0.15, 0.2) is 0 Å². The van der Waals surface area contributed by atoms with Crippen LogP contribution >= 0.6 is 0 Å². The van der Waals surface area contributed by atoms with Crippen LogP contribution in [0.1, 0.15) is 31.5 Å². The third-order valence-electron chi connectivity index (χ3n) is 4.81. The predicted octanol–water partition coefficient (Wildman–Crippen LogP) is 5.36. The molecule has 3 aromatic rings. The predicted molar refractivity (Wildman–Crippen MR) is 100.0 cm³/mol. The molecule has 4 rings (SSSR count). The lowest BCUT2D eigenvalue weighted by Gasteiger charge is -2.12. The molecule has 0 atom stereocenters. The van der Waals surface area contributed by atoms with Crippen molar-refractivity contribution >= 4 is 0 Å². The van der Waals surface area contributed by atoms with E-state index in [0.717, 1.165) is 30.9 Å². The summed E-state index contributed by atoms with van der Waals surface area (Å²) >= 11 is 0. The largest absolute Gasteiger partial charge is 0.327 e. The van der Waals surface area contributed by atoms with Gasteiger partial charge in [0, 0.05) is 23.4 Å². The molecule has 0 amide bonds. The fourth-order valence-corrected chi connectivity index (χ4v) is 3.74. The van der Waals surface area contributed by atoms with Gasteiger partial charge in [-0.1, -0.05) is 68.4 Å². The van der Waals surface area contributed by atoms with Crippen LogP contribution in [0.25, 0.3) is 22.6 Å². The van der Waals surface area contributed by atoms with Gasteiger partial charge < -0.3 is 4.57 Å². The number of aryl methyl sites for hydroxylation is 1. The highest BCUT2D eigenvalue weighted by atomic mass is 15.1. The van der Waals surface area contributed by atoms with Gasteiger partial charge in [-0.15, -0.1) is 0 Å². The highest BCUT2D eigenvalue weighted by molar-refractivity contribution is 5.70. The molecule has 1 aliphatic heterocycles. The minimum Gasteiger partial charge on any atom is -0.327 e. The maximum absolute atomic E-state index is 5.14. The van der Waals surface area contributed by atoms with Crippen LogP contribution in [0.4, 0.5) is 0 Å². The van der Waals surface area contributed by atoms with Gasteiger partial charge in [0.2, 0.25) is 0 Å². The summed E-state index contributed by atoms with van der Waals surface area (Å²) < 4.78 is 2.48. The summed E-state index contributed by atoms with van der Waals surface area (Å²) in [6.45, 7) is 5.64. The van der Waals surface area contributed by atoms with Crippen molar-refractivity contribution in [3.8, 4) is 22.6 Å². The molecule has 0 bridgehead atoms. The Hall–Kier alpha value is -2.35. The van der Waals surface area contributed by atoms with Crippen molar-refractivity contribution in [1.82, 2.24) is 9.55 Å². The molecule has 122 valence electrons. The van der Waals surface area contributed by atoms with Crippen LogP contribution in [0.3, 0.4) is 0 Å². The first-order chi connectivity index (χ1) is 11.7. The molecular formula is C22H24N2. The molecule has 2 heteroatoms. The number of rotatable bonds is 3. The zero-order chi connectivity index (χ0) is 16.5. The van der Waals surface area contributed by atoms with Crippen LogP contribution in [0.15, 0.2) is 54.6 Å². The Morgan fingerprint density at radius 3 is 2.54 bits per heavy atom. The molecule has 0 N–H and O–H groups in total. The maximum Gasteiger partial charge on any atom is 0.141 e. The fourth-order valence-electron chi connectivity index (χ4n) is 3.74. The van der Waals surface area contributed by atoms with Gasteiger partial charge in [0.25, 0.3) is 0 Å². The summed E-state index contributed by atoms with van der Waals surface area (Å²) in [7, 11) is 0. The Balaban J connectivity index is 1.95. The van der Waals surface area contributed by atoms with Crippen LogP contribution in [0, 0.1) is 5.92 Å². The Morgan fingerprint density at radius 2 is 1.75 bits per heavy atom. The van der Waals surface area contributed by atoms with Gasteiger partial charge in [0.1, 0.15) is 5.82 Å². The number of nitrogens with zero attached hydrogens (tertiary/aromatic N) is 2. The quantitative estimate of drug-likeness (QED) is 0.636. The van der Waals surface area contributed by atoms with Gasteiger partial charge in [-0.2, -0.15) is 0 Å². The van der Waals surface area contributed by atoms with E-state index in [9.17, 15) is 0 Å². The minimum absolute atomic E-state index is 0.617. The van der Waals surface area contributed by atoms with E-state index in [-0.39, 0.29) is 0 Å². The van der Waals surface area contributed by atoms with E-state index in [1.54, 1.807) is 0 Å². The molecule has 0 fully saturated rings. The second-order valence-electron chi connectivity index (χ2n) is 7.11. The molecule has 1 aromatic heterocycles. The molecule has 1 aliphatic rings. The topological polar surface area (TPSA) is 17.8 Å². The van der Waals surface area contributed by atoms with Crippen molar-refractivity contribution in [2.45, 2.75) is 39.7 Å². The second-order valence-corrected chi connectivity index (χ2v) is 7.11. The van der Waals surface area contributed by atoms with Gasteiger partial charge in [-0.05, 0) is 30.7 Å². The lowest BCUT2D eigenvalue weighted by atomic mass is 10.0. The van der Waals surface area contributed by atoms with E-state index >= 15 is 0 Å². The van der Waals surface area contributed by atoms with E-state index in [1.807, 2.05) is 0 Å². The normalized spacial score (nSPS) is 13.5. The minimum atomic E-state index is 0.617. The van der Waals surface area contributed by atoms with E-state index in [2.05, 4.69) is 73.0 Å². The first-order valence-electron chi connectivity index (χ1n) is 8.97. The molecule has 0 unspecified atom stereocenters. The Morgan fingerprint density at radius 1 is 1.00 bits per heavy atom. The van der Waals surface area contributed by atoms with Crippen LogP contribution < -0.4 is 0 Å². The molecule has 0 saturated carbocycles. The summed E-state index contributed by atoms with van der Waals surface area (Å²) in [6, 6.07) is 19.4. The monoisotopic (exact) mass is 316 g/mol. The summed E-state index contributed by atoms with van der Waals surface area (Å²) in [6.07, 6.45) is 3.39. The van der Waals surface area contributed by atoms with Gasteiger partial charge >= 0.3 is 0 Å². The first-order valence-corrected chi connectivity index (χ1v) is 8.97. The lowest BCUT2D eigenvalue weighted by molar-refractivity contribution is 0.578. The van der Waals surface area contributed by atoms with Crippen molar-refractivity contribution in [3.63, 3.8) is 0 Å². The molecule has 0 saturated heterocycles. The van der Waals surface area contributed by atoms with Gasteiger partial charge in [-0.3, -0.25) is 0 Å². The number of hydrogen-bond acceptors (Lipinski definition) is 1. The molecular weight excluding hydrogens is 292 g/mol. The summed E-state index contributed by atoms with van der Waals surface area (Å²) in [4.78, 5) is 5.14. The van der Waals surface area contributed by atoms with Crippen molar-refractivity contribution < 1.29 is 0 Å². The number of imidazole rings is 1.